The molecule has 3 rings (SSSR count). The van der Waals surface area contributed by atoms with Crippen LogP contribution in [0.25, 0.3) is 10.8 Å². The van der Waals surface area contributed by atoms with Gasteiger partial charge in [-0.05, 0) is 52.3 Å². The number of hydrogen-bond acceptors (Lipinski definition) is 7. The molecule has 0 fully saturated rings. The molecule has 0 saturated carbocycles. The molecule has 2 N–H and O–H groups in total. The maximum Gasteiger partial charge on any atom is 0.319 e. The molecule has 0 aliphatic heterocycles. The first-order valence-corrected chi connectivity index (χ1v) is 10.4. The number of aromatic nitrogens is 2. The fourth-order valence-electron chi connectivity index (χ4n) is 2.04. The molecule has 8 nitrogen and oxygen atoms in total. The van der Waals surface area contributed by atoms with Gasteiger partial charge >= 0.3 is 12.0 Å². The molecular formula is C17H14Br2N4O4S. The van der Waals surface area contributed by atoms with Crippen molar-refractivity contribution < 1.29 is 18.7 Å². The molecule has 0 unspecified atom stereocenters. The van der Waals surface area contributed by atoms with Gasteiger partial charge in [-0.2, -0.15) is 0 Å². The van der Waals surface area contributed by atoms with Crippen LogP contribution in [0.1, 0.15) is 12.3 Å². The number of carbonyl (C=O) groups is 2. The van der Waals surface area contributed by atoms with Crippen molar-refractivity contribution in [2.45, 2.75) is 13.0 Å². The van der Waals surface area contributed by atoms with E-state index in [9.17, 15) is 9.59 Å². The fraction of sp³-hybridized carbons (Fsp3) is 0.176. The van der Waals surface area contributed by atoms with Crippen molar-refractivity contribution in [3.05, 3.63) is 50.5 Å². The molecule has 2 aromatic heterocycles. The van der Waals surface area contributed by atoms with Crippen LogP contribution in [0.2, 0.25) is 0 Å². The third kappa shape index (κ3) is 6.14. The molecule has 11 heteroatoms. The van der Waals surface area contributed by atoms with Crippen molar-refractivity contribution in [1.29, 1.82) is 0 Å². The quantitative estimate of drug-likeness (QED) is 0.434. The Kier molecular flexibility index (Phi) is 7.18. The van der Waals surface area contributed by atoms with Gasteiger partial charge in [-0.25, -0.2) is 4.79 Å². The first-order chi connectivity index (χ1) is 13.5. The summed E-state index contributed by atoms with van der Waals surface area (Å²) in [6.07, 6.45) is 0.0205. The normalized spacial score (nSPS) is 10.5. The number of anilines is 1. The summed E-state index contributed by atoms with van der Waals surface area (Å²) in [6, 6.07) is 10.5. The highest BCUT2D eigenvalue weighted by molar-refractivity contribution is 9.11. The Morgan fingerprint density at radius 1 is 1.11 bits per heavy atom. The molecule has 146 valence electrons. The largest absolute Gasteiger partial charge is 0.456 e. The van der Waals surface area contributed by atoms with Gasteiger partial charge in [0.1, 0.15) is 0 Å². The van der Waals surface area contributed by atoms with Crippen molar-refractivity contribution in [3.8, 4) is 10.8 Å². The molecular weight excluding hydrogens is 516 g/mol. The number of nitrogens with zero attached hydrogens (tertiary/aromatic N) is 2. The second-order valence-electron chi connectivity index (χ2n) is 5.40. The number of esters is 1. The number of amides is 2. The predicted molar refractivity (Wildman–Crippen MR) is 111 cm³/mol. The number of thiophene rings is 1. The lowest BCUT2D eigenvalue weighted by Gasteiger charge is -2.07. The van der Waals surface area contributed by atoms with Gasteiger partial charge in [0.05, 0.1) is 15.1 Å². The van der Waals surface area contributed by atoms with Crippen LogP contribution in [0.3, 0.4) is 0 Å². The van der Waals surface area contributed by atoms with E-state index in [1.165, 1.54) is 11.3 Å². The average Bonchev–Trinajstić information content (AvgIpc) is 3.31. The minimum absolute atomic E-state index is 0.0205. The van der Waals surface area contributed by atoms with E-state index in [0.717, 1.165) is 13.1 Å². The summed E-state index contributed by atoms with van der Waals surface area (Å²) in [5, 5.41) is 13.0. The maximum absolute atomic E-state index is 11.8. The zero-order valence-corrected chi connectivity index (χ0v) is 18.3. The number of nitrogens with one attached hydrogen (secondary N) is 2. The summed E-state index contributed by atoms with van der Waals surface area (Å²) in [5.41, 5.74) is 0.647. The maximum atomic E-state index is 11.8. The van der Waals surface area contributed by atoms with Crippen LogP contribution >= 0.6 is 43.2 Å². The minimum atomic E-state index is -0.484. The smallest absolute Gasteiger partial charge is 0.319 e. The number of benzene rings is 1. The van der Waals surface area contributed by atoms with Crippen LogP contribution < -0.4 is 10.6 Å². The molecule has 0 aliphatic rings. The summed E-state index contributed by atoms with van der Waals surface area (Å²) in [4.78, 5) is 24.4. The Labute approximate surface area is 180 Å². The third-order valence-electron chi connectivity index (χ3n) is 3.32. The molecule has 0 saturated heterocycles. The second-order valence-corrected chi connectivity index (χ2v) is 8.78. The summed E-state index contributed by atoms with van der Waals surface area (Å²) < 4.78 is 12.4. The molecule has 2 amide bonds. The Balaban J connectivity index is 1.36. The zero-order valence-electron chi connectivity index (χ0n) is 14.3. The van der Waals surface area contributed by atoms with E-state index < -0.39 is 12.0 Å². The average molecular weight is 530 g/mol. The molecule has 0 aliphatic carbocycles. The minimum Gasteiger partial charge on any atom is -0.456 e. The van der Waals surface area contributed by atoms with Gasteiger partial charge in [0, 0.05) is 16.7 Å². The lowest BCUT2D eigenvalue weighted by Crippen LogP contribution is -2.30. The van der Waals surface area contributed by atoms with Crippen molar-refractivity contribution >= 4 is 60.9 Å². The van der Waals surface area contributed by atoms with Gasteiger partial charge < -0.3 is 19.8 Å². The van der Waals surface area contributed by atoms with Gasteiger partial charge in [0.25, 0.3) is 11.8 Å². The zero-order chi connectivity index (χ0) is 19.9. The standard InChI is InChI=1S/C17H14Br2N4O4S/c18-10-1-3-11(4-2-10)21-17(25)20-8-7-15(24)26-9-14-22-23-16(27-14)12-5-6-13(19)28-12/h1-6H,7-9H2,(H2,20,21,25). The number of urea groups is 1. The van der Waals surface area contributed by atoms with E-state index in [1.807, 2.05) is 24.3 Å². The Hall–Kier alpha value is -2.24. The van der Waals surface area contributed by atoms with Gasteiger partial charge in [-0.1, -0.05) is 15.9 Å². The lowest BCUT2D eigenvalue weighted by molar-refractivity contribution is -0.145. The lowest BCUT2D eigenvalue weighted by atomic mass is 10.3. The van der Waals surface area contributed by atoms with E-state index in [-0.39, 0.29) is 25.5 Å². The van der Waals surface area contributed by atoms with E-state index in [0.29, 0.717) is 11.6 Å². The number of hydrogen-bond donors (Lipinski definition) is 2. The topological polar surface area (TPSA) is 106 Å². The van der Waals surface area contributed by atoms with Crippen LogP contribution in [-0.2, 0) is 16.1 Å². The number of halogens is 2. The highest BCUT2D eigenvalue weighted by Crippen LogP contribution is 2.30. The first kappa shape index (κ1) is 20.5. The summed E-state index contributed by atoms with van der Waals surface area (Å²) >= 11 is 8.14. The molecule has 0 bridgehead atoms. The van der Waals surface area contributed by atoms with Crippen molar-refractivity contribution in [2.75, 3.05) is 11.9 Å². The molecule has 2 heterocycles. The first-order valence-electron chi connectivity index (χ1n) is 8.04. The fourth-order valence-corrected chi connectivity index (χ4v) is 3.61. The Bertz CT molecular complexity index is 958. The van der Waals surface area contributed by atoms with Crippen LogP contribution in [0.5, 0.6) is 0 Å². The van der Waals surface area contributed by atoms with Gasteiger partial charge in [-0.3, -0.25) is 4.79 Å². The second kappa shape index (κ2) is 9.80. The van der Waals surface area contributed by atoms with Crippen molar-refractivity contribution in [1.82, 2.24) is 15.5 Å². The van der Waals surface area contributed by atoms with E-state index in [1.54, 1.807) is 12.1 Å². The molecule has 1 aromatic carbocycles. The van der Waals surface area contributed by atoms with Gasteiger partial charge in [-0.15, -0.1) is 21.5 Å². The van der Waals surface area contributed by atoms with Gasteiger partial charge in [0.2, 0.25) is 0 Å². The van der Waals surface area contributed by atoms with Crippen LogP contribution in [0.15, 0.2) is 49.1 Å². The highest BCUT2D eigenvalue weighted by Gasteiger charge is 2.13. The summed E-state index contributed by atoms with van der Waals surface area (Å²) in [6.45, 7) is 0.0168. The van der Waals surface area contributed by atoms with E-state index in [4.69, 9.17) is 9.15 Å². The number of rotatable bonds is 7. The number of carbonyl (C=O) groups excluding carboxylic acids is 2. The molecule has 0 radical (unpaired) electrons. The molecule has 28 heavy (non-hydrogen) atoms. The predicted octanol–water partition coefficient (Wildman–Crippen LogP) is 4.58. The van der Waals surface area contributed by atoms with Crippen LogP contribution in [0, 0.1) is 0 Å². The Morgan fingerprint density at radius 3 is 2.61 bits per heavy atom. The highest BCUT2D eigenvalue weighted by atomic mass is 79.9. The van der Waals surface area contributed by atoms with Crippen molar-refractivity contribution in [2.24, 2.45) is 0 Å². The molecule has 3 aromatic rings. The van der Waals surface area contributed by atoms with E-state index in [2.05, 4.69) is 52.7 Å². The number of ether oxygens (including phenoxy) is 1. The summed E-state index contributed by atoms with van der Waals surface area (Å²) in [5.74, 6) is 0.0874. The van der Waals surface area contributed by atoms with Gasteiger partial charge in [0.15, 0.2) is 6.61 Å². The molecule has 0 spiro atoms. The van der Waals surface area contributed by atoms with Crippen molar-refractivity contribution in [3.63, 3.8) is 0 Å². The monoisotopic (exact) mass is 528 g/mol. The third-order valence-corrected chi connectivity index (χ3v) is 5.46. The Morgan fingerprint density at radius 2 is 1.89 bits per heavy atom. The van der Waals surface area contributed by atoms with E-state index >= 15 is 0 Å². The van der Waals surface area contributed by atoms with Crippen LogP contribution in [0.4, 0.5) is 10.5 Å². The summed E-state index contributed by atoms with van der Waals surface area (Å²) in [7, 11) is 0. The van der Waals surface area contributed by atoms with Crippen LogP contribution in [-0.4, -0.2) is 28.7 Å². The SMILES string of the molecule is O=C(NCCC(=O)OCc1nnc(-c2ccc(Br)s2)o1)Nc1ccc(Br)cc1. The molecule has 0 atom stereocenters.